The Hall–Kier alpha value is -1.42. The molecule has 104 valence electrons. The van der Waals surface area contributed by atoms with Gasteiger partial charge in [0.2, 0.25) is 0 Å². The molecule has 0 aromatic carbocycles. The van der Waals surface area contributed by atoms with E-state index in [4.69, 9.17) is 5.73 Å². The number of fused-ring (bicyclic) bond motifs is 1. The van der Waals surface area contributed by atoms with Crippen LogP contribution in [0, 0.1) is 12.8 Å². The Bertz CT molecular complexity index is 512. The molecule has 0 aliphatic heterocycles. The highest BCUT2D eigenvalue weighted by molar-refractivity contribution is 5.40. The van der Waals surface area contributed by atoms with Gasteiger partial charge in [-0.3, -0.25) is 4.40 Å². The van der Waals surface area contributed by atoms with Gasteiger partial charge >= 0.3 is 0 Å². The molecule has 2 rings (SSSR count). The van der Waals surface area contributed by atoms with E-state index in [0.29, 0.717) is 5.92 Å². The molecule has 1 unspecified atom stereocenters. The van der Waals surface area contributed by atoms with Crippen LogP contribution >= 0.6 is 0 Å². The molecule has 0 amide bonds. The summed E-state index contributed by atoms with van der Waals surface area (Å²) in [6, 6.07) is 4.17. The van der Waals surface area contributed by atoms with Crippen molar-refractivity contribution in [2.24, 2.45) is 11.7 Å². The number of aryl methyl sites for hydroxylation is 2. The molecular weight excluding hydrogens is 236 g/mol. The van der Waals surface area contributed by atoms with Gasteiger partial charge in [-0.15, -0.1) is 10.2 Å². The lowest BCUT2D eigenvalue weighted by molar-refractivity contribution is 0.417. The van der Waals surface area contributed by atoms with Gasteiger partial charge in [0.15, 0.2) is 5.65 Å². The molecule has 0 aliphatic carbocycles. The van der Waals surface area contributed by atoms with Crippen molar-refractivity contribution in [2.75, 3.05) is 6.54 Å². The van der Waals surface area contributed by atoms with Gasteiger partial charge in [0.05, 0.1) is 0 Å². The predicted molar refractivity (Wildman–Crippen MR) is 78.1 cm³/mol. The van der Waals surface area contributed by atoms with E-state index in [1.165, 1.54) is 18.4 Å². The van der Waals surface area contributed by atoms with Crippen molar-refractivity contribution >= 4 is 5.65 Å². The Labute approximate surface area is 115 Å². The van der Waals surface area contributed by atoms with Crippen LogP contribution in [0.2, 0.25) is 0 Å². The molecule has 2 heterocycles. The minimum atomic E-state index is 0.716. The standard InChI is InChI=1S/C15H24N4/c1-3-4-13(7-9-16)5-6-14-17-18-15-11-12(2)8-10-19(14)15/h8,10-11,13H,3-7,9,16H2,1-2H3. The second kappa shape index (κ2) is 6.66. The van der Waals surface area contributed by atoms with E-state index in [1.807, 2.05) is 0 Å². The largest absolute Gasteiger partial charge is 0.330 e. The molecule has 2 aromatic heterocycles. The number of hydrogen-bond acceptors (Lipinski definition) is 3. The third kappa shape index (κ3) is 3.53. The third-order valence-electron chi connectivity index (χ3n) is 3.68. The number of nitrogens with zero attached hydrogens (tertiary/aromatic N) is 3. The smallest absolute Gasteiger partial charge is 0.161 e. The van der Waals surface area contributed by atoms with Crippen molar-refractivity contribution in [2.45, 2.75) is 46.0 Å². The van der Waals surface area contributed by atoms with Crippen molar-refractivity contribution in [3.63, 3.8) is 0 Å². The van der Waals surface area contributed by atoms with Crippen molar-refractivity contribution in [3.05, 3.63) is 29.7 Å². The Morgan fingerprint density at radius 2 is 2.11 bits per heavy atom. The van der Waals surface area contributed by atoms with Gasteiger partial charge < -0.3 is 5.73 Å². The van der Waals surface area contributed by atoms with E-state index in [2.05, 4.69) is 46.8 Å². The van der Waals surface area contributed by atoms with Gasteiger partial charge in [-0.05, 0) is 49.9 Å². The minimum absolute atomic E-state index is 0.716. The molecule has 1 atom stereocenters. The summed E-state index contributed by atoms with van der Waals surface area (Å²) in [5.74, 6) is 1.78. The quantitative estimate of drug-likeness (QED) is 0.832. The number of hydrogen-bond donors (Lipinski definition) is 1. The van der Waals surface area contributed by atoms with Gasteiger partial charge in [0.25, 0.3) is 0 Å². The Morgan fingerprint density at radius 3 is 2.84 bits per heavy atom. The summed E-state index contributed by atoms with van der Waals surface area (Å²) in [4.78, 5) is 0. The van der Waals surface area contributed by atoms with E-state index in [9.17, 15) is 0 Å². The van der Waals surface area contributed by atoms with Crippen LogP contribution in [0.15, 0.2) is 18.3 Å². The molecule has 0 saturated carbocycles. The molecule has 2 N–H and O–H groups in total. The first-order valence-corrected chi connectivity index (χ1v) is 7.25. The molecule has 19 heavy (non-hydrogen) atoms. The summed E-state index contributed by atoms with van der Waals surface area (Å²) < 4.78 is 2.10. The second-order valence-corrected chi connectivity index (χ2v) is 5.32. The summed E-state index contributed by atoms with van der Waals surface area (Å²) in [5.41, 5.74) is 7.85. The van der Waals surface area contributed by atoms with Crippen molar-refractivity contribution in [3.8, 4) is 0 Å². The summed E-state index contributed by atoms with van der Waals surface area (Å²) in [7, 11) is 0. The van der Waals surface area contributed by atoms with E-state index in [1.54, 1.807) is 0 Å². The molecule has 0 bridgehead atoms. The first kappa shape index (κ1) is 14.0. The number of rotatable bonds is 7. The SMILES string of the molecule is CCCC(CCN)CCc1nnc2cc(C)ccn12. The predicted octanol–water partition coefficient (Wildman–Crippen LogP) is 2.74. The topological polar surface area (TPSA) is 56.2 Å². The van der Waals surface area contributed by atoms with Gasteiger partial charge in [-0.2, -0.15) is 0 Å². The fourth-order valence-corrected chi connectivity index (χ4v) is 2.62. The van der Waals surface area contributed by atoms with Crippen LogP contribution in [-0.2, 0) is 6.42 Å². The van der Waals surface area contributed by atoms with E-state index < -0.39 is 0 Å². The van der Waals surface area contributed by atoms with Gasteiger partial charge in [-0.1, -0.05) is 19.8 Å². The van der Waals surface area contributed by atoms with E-state index >= 15 is 0 Å². The van der Waals surface area contributed by atoms with Crippen LogP contribution < -0.4 is 5.73 Å². The zero-order valence-corrected chi connectivity index (χ0v) is 12.0. The fourth-order valence-electron chi connectivity index (χ4n) is 2.62. The molecule has 0 saturated heterocycles. The Kier molecular flexibility index (Phi) is 4.91. The van der Waals surface area contributed by atoms with Crippen LogP contribution in [-0.4, -0.2) is 21.1 Å². The molecule has 0 radical (unpaired) electrons. The van der Waals surface area contributed by atoms with Crippen LogP contribution in [0.4, 0.5) is 0 Å². The van der Waals surface area contributed by atoms with Crippen molar-refractivity contribution in [1.82, 2.24) is 14.6 Å². The van der Waals surface area contributed by atoms with E-state index in [0.717, 1.165) is 37.3 Å². The fraction of sp³-hybridized carbons (Fsp3) is 0.600. The van der Waals surface area contributed by atoms with Crippen LogP contribution in [0.25, 0.3) is 5.65 Å². The average Bonchev–Trinajstić information content (AvgIpc) is 2.78. The minimum Gasteiger partial charge on any atom is -0.330 e. The zero-order valence-electron chi connectivity index (χ0n) is 12.0. The summed E-state index contributed by atoms with van der Waals surface area (Å²) in [5, 5.41) is 8.55. The lowest BCUT2D eigenvalue weighted by atomic mass is 9.94. The van der Waals surface area contributed by atoms with Gasteiger partial charge in [0, 0.05) is 12.6 Å². The Morgan fingerprint density at radius 1 is 1.26 bits per heavy atom. The number of pyridine rings is 1. The maximum atomic E-state index is 5.68. The molecule has 2 aromatic rings. The monoisotopic (exact) mass is 260 g/mol. The van der Waals surface area contributed by atoms with Crippen LogP contribution in [0.1, 0.15) is 44.0 Å². The highest BCUT2D eigenvalue weighted by Gasteiger charge is 2.10. The molecule has 4 heteroatoms. The first-order valence-electron chi connectivity index (χ1n) is 7.25. The molecule has 0 fully saturated rings. The Balaban J connectivity index is 2.04. The van der Waals surface area contributed by atoms with Crippen LogP contribution in [0.3, 0.4) is 0 Å². The van der Waals surface area contributed by atoms with Gasteiger partial charge in [-0.25, -0.2) is 0 Å². The second-order valence-electron chi connectivity index (χ2n) is 5.32. The zero-order chi connectivity index (χ0) is 13.7. The van der Waals surface area contributed by atoms with Crippen molar-refractivity contribution in [1.29, 1.82) is 0 Å². The number of aromatic nitrogens is 3. The van der Waals surface area contributed by atoms with Gasteiger partial charge in [0.1, 0.15) is 5.82 Å². The summed E-state index contributed by atoms with van der Waals surface area (Å²) in [6.07, 6.45) is 7.80. The highest BCUT2D eigenvalue weighted by Crippen LogP contribution is 2.18. The molecule has 4 nitrogen and oxygen atoms in total. The normalized spacial score (nSPS) is 13.0. The molecular formula is C15H24N4. The van der Waals surface area contributed by atoms with E-state index in [-0.39, 0.29) is 0 Å². The maximum Gasteiger partial charge on any atom is 0.161 e. The molecule has 0 spiro atoms. The summed E-state index contributed by atoms with van der Waals surface area (Å²) >= 11 is 0. The highest BCUT2D eigenvalue weighted by atomic mass is 15.2. The van der Waals surface area contributed by atoms with Crippen molar-refractivity contribution < 1.29 is 0 Å². The maximum absolute atomic E-state index is 5.68. The third-order valence-corrected chi connectivity index (χ3v) is 3.68. The average molecular weight is 260 g/mol. The lowest BCUT2D eigenvalue weighted by Crippen LogP contribution is -2.10. The lowest BCUT2D eigenvalue weighted by Gasteiger charge is -2.14. The van der Waals surface area contributed by atoms with Crippen LogP contribution in [0.5, 0.6) is 0 Å². The summed E-state index contributed by atoms with van der Waals surface area (Å²) in [6.45, 7) is 5.09. The first-order chi connectivity index (χ1) is 9.24. The number of nitrogens with two attached hydrogens (primary N) is 1. The molecule has 0 aliphatic rings.